The smallest absolute Gasteiger partial charge is 0.339 e. The van der Waals surface area contributed by atoms with Gasteiger partial charge >= 0.3 is 5.97 Å². The molecule has 0 atom stereocenters. The molecule has 0 bridgehead atoms. The number of amides is 1. The van der Waals surface area contributed by atoms with Crippen molar-refractivity contribution in [3.05, 3.63) is 58.7 Å². The highest BCUT2D eigenvalue weighted by Crippen LogP contribution is 2.26. The van der Waals surface area contributed by atoms with Crippen molar-refractivity contribution in [2.24, 2.45) is 0 Å². The van der Waals surface area contributed by atoms with Crippen molar-refractivity contribution >= 4 is 17.6 Å². The second kappa shape index (κ2) is 17.5. The molecule has 0 radical (unpaired) electrons. The number of anilines is 1. The molecule has 2 aromatic rings. The molecule has 0 saturated carbocycles. The van der Waals surface area contributed by atoms with Gasteiger partial charge in [0, 0.05) is 5.69 Å². The van der Waals surface area contributed by atoms with Crippen LogP contribution in [0.2, 0.25) is 0 Å². The Kier molecular flexibility index (Phi) is 14.4. The van der Waals surface area contributed by atoms with E-state index in [1.807, 2.05) is 0 Å². The van der Waals surface area contributed by atoms with Gasteiger partial charge in [-0.1, -0.05) is 90.4 Å². The van der Waals surface area contributed by atoms with Gasteiger partial charge in [0.05, 0.1) is 12.2 Å². The summed E-state index contributed by atoms with van der Waals surface area (Å²) in [4.78, 5) is 23.6. The van der Waals surface area contributed by atoms with E-state index in [0.717, 1.165) is 19.3 Å². The lowest BCUT2D eigenvalue weighted by molar-refractivity contribution is 0.0684. The average molecular weight is 554 g/mol. The van der Waals surface area contributed by atoms with Gasteiger partial charge in [0.15, 0.2) is 23.3 Å². The van der Waals surface area contributed by atoms with Gasteiger partial charge in [0.2, 0.25) is 0 Å². The molecule has 0 unspecified atom stereocenters. The molecule has 0 aliphatic rings. The Morgan fingerprint density at radius 3 is 1.56 bits per heavy atom. The van der Waals surface area contributed by atoms with Gasteiger partial charge in [-0.15, -0.1) is 0 Å². The Bertz CT molecular complexity index is 1060. The fourth-order valence-corrected chi connectivity index (χ4v) is 4.36. The van der Waals surface area contributed by atoms with E-state index in [0.29, 0.717) is 12.4 Å². The van der Waals surface area contributed by atoms with Crippen molar-refractivity contribution in [1.82, 2.24) is 0 Å². The molecule has 2 rings (SSSR count). The fraction of sp³-hybridized carbons (Fsp3) is 0.533. The number of ether oxygens (including phenoxy) is 1. The van der Waals surface area contributed by atoms with E-state index in [-0.39, 0.29) is 5.69 Å². The van der Waals surface area contributed by atoms with Crippen LogP contribution in [0.25, 0.3) is 0 Å². The number of halogens is 4. The number of hydrogen-bond acceptors (Lipinski definition) is 3. The zero-order valence-electron chi connectivity index (χ0n) is 22.6. The van der Waals surface area contributed by atoms with Crippen molar-refractivity contribution in [2.75, 3.05) is 11.9 Å². The first-order valence-electron chi connectivity index (χ1n) is 13.9. The number of carbonyl (C=O) groups excluding carboxylic acids is 1. The SMILES string of the molecule is CCCCCCCCCCCCCCCCOc1ccc(NC(=O)c2c(F)c(F)c(F)c(F)c2C(=O)O)cc1. The third kappa shape index (κ3) is 10.5. The first kappa shape index (κ1) is 32.1. The number of hydrogen-bond donors (Lipinski definition) is 2. The quantitative estimate of drug-likeness (QED) is 0.0788. The maximum Gasteiger partial charge on any atom is 0.339 e. The number of nitrogens with one attached hydrogen (secondary N) is 1. The topological polar surface area (TPSA) is 75.6 Å². The standard InChI is InChI=1S/C30H39F4NO4/c1-2-3-4-5-6-7-8-9-10-11-12-13-14-15-20-39-22-18-16-21(17-19-22)35-29(36)23-24(30(37)38)26(32)28(34)27(33)25(23)31/h16-19H,2-15,20H2,1H3,(H,35,36)(H,37,38). The number of benzene rings is 2. The minimum absolute atomic E-state index is 0.102. The van der Waals surface area contributed by atoms with Crippen molar-refractivity contribution in [3.8, 4) is 5.75 Å². The van der Waals surface area contributed by atoms with Crippen LogP contribution < -0.4 is 10.1 Å². The fourth-order valence-electron chi connectivity index (χ4n) is 4.36. The first-order valence-corrected chi connectivity index (χ1v) is 13.9. The largest absolute Gasteiger partial charge is 0.494 e. The molecule has 9 heteroatoms. The van der Waals surface area contributed by atoms with Gasteiger partial charge in [0.1, 0.15) is 11.3 Å². The summed E-state index contributed by atoms with van der Waals surface area (Å²) in [6, 6.07) is 5.90. The van der Waals surface area contributed by atoms with Crippen LogP contribution in [0.15, 0.2) is 24.3 Å². The van der Waals surface area contributed by atoms with Crippen LogP contribution in [0.1, 0.15) is 118 Å². The highest BCUT2D eigenvalue weighted by molar-refractivity contribution is 6.11. The van der Waals surface area contributed by atoms with Crippen molar-refractivity contribution in [3.63, 3.8) is 0 Å². The number of rotatable bonds is 19. The molecule has 2 N–H and O–H groups in total. The minimum Gasteiger partial charge on any atom is -0.494 e. The lowest BCUT2D eigenvalue weighted by Crippen LogP contribution is -2.22. The molecule has 2 aromatic carbocycles. The summed E-state index contributed by atoms with van der Waals surface area (Å²) in [5.41, 5.74) is -2.92. The number of carbonyl (C=O) groups is 2. The molecule has 0 aromatic heterocycles. The Labute approximate surface area is 228 Å². The van der Waals surface area contributed by atoms with Crippen LogP contribution in [0.3, 0.4) is 0 Å². The third-order valence-electron chi connectivity index (χ3n) is 6.59. The molecule has 0 spiro atoms. The van der Waals surface area contributed by atoms with Gasteiger partial charge < -0.3 is 15.2 Å². The lowest BCUT2D eigenvalue weighted by Gasteiger charge is -2.12. The van der Waals surface area contributed by atoms with Gasteiger partial charge in [-0.25, -0.2) is 22.4 Å². The zero-order valence-corrected chi connectivity index (χ0v) is 22.6. The molecule has 0 aliphatic heterocycles. The average Bonchev–Trinajstić information content (AvgIpc) is 2.92. The first-order chi connectivity index (χ1) is 18.8. The molecule has 0 aliphatic carbocycles. The molecule has 1 amide bonds. The van der Waals surface area contributed by atoms with E-state index in [1.165, 1.54) is 82.8 Å². The maximum atomic E-state index is 14.1. The molecule has 216 valence electrons. The molecular formula is C30H39F4NO4. The second-order valence-electron chi connectivity index (χ2n) is 9.73. The Morgan fingerprint density at radius 1 is 0.667 bits per heavy atom. The van der Waals surface area contributed by atoms with Crippen LogP contribution in [-0.4, -0.2) is 23.6 Å². The van der Waals surface area contributed by atoms with Crippen LogP contribution in [0, 0.1) is 23.3 Å². The summed E-state index contributed by atoms with van der Waals surface area (Å²) in [5, 5.41) is 11.2. The summed E-state index contributed by atoms with van der Waals surface area (Å²) in [7, 11) is 0. The predicted octanol–water partition coefficient (Wildman–Crippen LogP) is 9.05. The predicted molar refractivity (Wildman–Crippen MR) is 143 cm³/mol. The van der Waals surface area contributed by atoms with Crippen LogP contribution >= 0.6 is 0 Å². The van der Waals surface area contributed by atoms with Gasteiger partial charge in [-0.05, 0) is 30.7 Å². The monoisotopic (exact) mass is 553 g/mol. The van der Waals surface area contributed by atoms with Crippen molar-refractivity contribution < 1.29 is 37.0 Å². The van der Waals surface area contributed by atoms with E-state index >= 15 is 0 Å². The summed E-state index contributed by atoms with van der Waals surface area (Å²) in [6.45, 7) is 2.76. The molecular weight excluding hydrogens is 514 g/mol. The number of carboxylic acids is 1. The molecule has 0 fully saturated rings. The summed E-state index contributed by atoms with van der Waals surface area (Å²) >= 11 is 0. The van der Waals surface area contributed by atoms with Crippen LogP contribution in [-0.2, 0) is 0 Å². The van der Waals surface area contributed by atoms with Gasteiger partial charge in [-0.3, -0.25) is 4.79 Å². The number of unbranched alkanes of at least 4 members (excludes halogenated alkanes) is 13. The van der Waals surface area contributed by atoms with Gasteiger partial charge in [-0.2, -0.15) is 0 Å². The van der Waals surface area contributed by atoms with Crippen LogP contribution in [0.4, 0.5) is 23.2 Å². The van der Waals surface area contributed by atoms with E-state index in [4.69, 9.17) is 9.84 Å². The normalized spacial score (nSPS) is 11.0. The molecule has 0 saturated heterocycles. The molecule has 5 nitrogen and oxygen atoms in total. The van der Waals surface area contributed by atoms with E-state index in [9.17, 15) is 27.2 Å². The van der Waals surface area contributed by atoms with E-state index < -0.39 is 46.3 Å². The van der Waals surface area contributed by atoms with E-state index in [2.05, 4.69) is 12.2 Å². The maximum absolute atomic E-state index is 14.1. The van der Waals surface area contributed by atoms with Gasteiger partial charge in [0.25, 0.3) is 5.91 Å². The highest BCUT2D eigenvalue weighted by atomic mass is 19.2. The lowest BCUT2D eigenvalue weighted by atomic mass is 10.0. The molecule has 39 heavy (non-hydrogen) atoms. The highest BCUT2D eigenvalue weighted by Gasteiger charge is 2.32. The van der Waals surface area contributed by atoms with Crippen molar-refractivity contribution in [1.29, 1.82) is 0 Å². The van der Waals surface area contributed by atoms with Crippen LogP contribution in [0.5, 0.6) is 5.75 Å². The summed E-state index contributed by atoms with van der Waals surface area (Å²) < 4.78 is 60.7. The second-order valence-corrected chi connectivity index (χ2v) is 9.73. The Hall–Kier alpha value is -3.10. The Balaban J connectivity index is 1.66. The zero-order chi connectivity index (χ0) is 28.6. The number of aromatic carboxylic acids is 1. The summed E-state index contributed by atoms with van der Waals surface area (Å²) in [6.07, 6.45) is 17.7. The van der Waals surface area contributed by atoms with E-state index in [1.54, 1.807) is 12.1 Å². The third-order valence-corrected chi connectivity index (χ3v) is 6.59. The summed E-state index contributed by atoms with van der Waals surface area (Å²) in [5.74, 6) is -11.8. The minimum atomic E-state index is -2.30. The number of carboxylic acid groups (broad SMARTS) is 1. The molecule has 0 heterocycles. The van der Waals surface area contributed by atoms with Crippen molar-refractivity contribution in [2.45, 2.75) is 96.8 Å². The Morgan fingerprint density at radius 2 is 1.10 bits per heavy atom.